The number of aromatic amines is 1. The van der Waals surface area contributed by atoms with Crippen LogP contribution in [0.4, 0.5) is 0 Å². The molecule has 0 saturated heterocycles. The van der Waals surface area contributed by atoms with Gasteiger partial charge in [-0.25, -0.2) is 0 Å². The average molecular weight is 415 g/mol. The Kier molecular flexibility index (Phi) is 5.55. The molecule has 0 saturated carbocycles. The zero-order valence-electron chi connectivity index (χ0n) is 18.3. The van der Waals surface area contributed by atoms with E-state index in [-0.39, 0.29) is 23.8 Å². The Morgan fingerprint density at radius 1 is 1.13 bits per heavy atom. The highest BCUT2D eigenvalue weighted by atomic mass is 16.1. The van der Waals surface area contributed by atoms with Gasteiger partial charge in [-0.05, 0) is 57.4 Å². The number of pyridine rings is 1. The molecule has 1 atom stereocenters. The number of fused-ring (bicyclic) bond motifs is 1. The molecule has 6 heteroatoms. The summed E-state index contributed by atoms with van der Waals surface area (Å²) in [5.41, 5.74) is 5.64. The van der Waals surface area contributed by atoms with Gasteiger partial charge in [0.15, 0.2) is 11.4 Å². The Balaban J connectivity index is 1.72. The molecule has 0 radical (unpaired) electrons. The predicted octanol–water partition coefficient (Wildman–Crippen LogP) is 4.47. The summed E-state index contributed by atoms with van der Waals surface area (Å²) in [4.78, 5) is 28.5. The van der Waals surface area contributed by atoms with Crippen LogP contribution in [-0.2, 0) is 6.42 Å². The summed E-state index contributed by atoms with van der Waals surface area (Å²) >= 11 is 0. The van der Waals surface area contributed by atoms with Crippen molar-refractivity contribution in [3.05, 3.63) is 92.7 Å². The van der Waals surface area contributed by atoms with Gasteiger partial charge >= 0.3 is 0 Å². The molecule has 31 heavy (non-hydrogen) atoms. The zero-order valence-corrected chi connectivity index (χ0v) is 18.3. The monoisotopic (exact) mass is 414 g/mol. The van der Waals surface area contributed by atoms with Crippen molar-refractivity contribution >= 4 is 16.8 Å². The minimum absolute atomic E-state index is 0.00383. The van der Waals surface area contributed by atoms with Gasteiger partial charge in [0.1, 0.15) is 0 Å². The summed E-state index contributed by atoms with van der Waals surface area (Å²) in [6.07, 6.45) is 2.28. The lowest BCUT2D eigenvalue weighted by Crippen LogP contribution is -2.17. The van der Waals surface area contributed by atoms with Gasteiger partial charge in [-0.3, -0.25) is 9.59 Å². The van der Waals surface area contributed by atoms with Gasteiger partial charge in [-0.1, -0.05) is 30.3 Å². The van der Waals surface area contributed by atoms with E-state index in [2.05, 4.69) is 38.8 Å². The Morgan fingerprint density at radius 2 is 1.87 bits per heavy atom. The number of Topliss-reactive ketones (excluding diaryl/α,β-unsaturated/α-hetero) is 1. The summed E-state index contributed by atoms with van der Waals surface area (Å²) in [5, 5.41) is 9.22. The van der Waals surface area contributed by atoms with Crippen LogP contribution >= 0.6 is 0 Å². The number of H-pyrrole nitrogens is 1. The Morgan fingerprint density at radius 3 is 2.58 bits per heavy atom. The van der Waals surface area contributed by atoms with Crippen LogP contribution in [0.25, 0.3) is 11.0 Å². The topological polar surface area (TPSA) is 80.6 Å². The maximum atomic E-state index is 13.3. The fourth-order valence-electron chi connectivity index (χ4n) is 4.43. The third-order valence-corrected chi connectivity index (χ3v) is 5.97. The molecule has 4 rings (SSSR count). The van der Waals surface area contributed by atoms with E-state index in [4.69, 9.17) is 0 Å². The van der Waals surface area contributed by atoms with Crippen molar-refractivity contribution in [2.75, 3.05) is 0 Å². The van der Waals surface area contributed by atoms with Crippen LogP contribution in [0, 0.1) is 20.8 Å². The molecule has 0 amide bonds. The molecule has 0 fully saturated rings. The maximum Gasteiger partial charge on any atom is 0.251 e. The summed E-state index contributed by atoms with van der Waals surface area (Å²) in [6, 6.07) is 13.9. The fraction of sp³-hybridized carbons (Fsp3) is 0.280. The number of carbonyl (C=O) groups excluding carboxylic acids is 1. The molecule has 1 N–H and O–H groups in total. The largest absolute Gasteiger partial charge is 0.326 e. The second-order valence-corrected chi connectivity index (χ2v) is 8.05. The number of nitrogens with one attached hydrogen (secondary N) is 1. The summed E-state index contributed by atoms with van der Waals surface area (Å²) in [6.45, 7) is 7.82. The SMILES string of the molecule is Cc1cc(C)c(CCC(=O)c2c(C)n(C(C)c3ccccc3)c3nnccc23)c(=O)[nH]1. The van der Waals surface area contributed by atoms with Gasteiger partial charge in [0.2, 0.25) is 0 Å². The number of benzene rings is 1. The molecular formula is C25H26N4O2. The summed E-state index contributed by atoms with van der Waals surface area (Å²) < 4.78 is 2.08. The van der Waals surface area contributed by atoms with E-state index < -0.39 is 0 Å². The van der Waals surface area contributed by atoms with Crippen LogP contribution in [0.5, 0.6) is 0 Å². The van der Waals surface area contributed by atoms with E-state index >= 15 is 0 Å². The molecule has 1 unspecified atom stereocenters. The molecule has 0 aliphatic carbocycles. The first-order valence-electron chi connectivity index (χ1n) is 10.5. The van der Waals surface area contributed by atoms with E-state index in [1.165, 1.54) is 0 Å². The third kappa shape index (κ3) is 3.81. The Bertz CT molecular complexity index is 1320. The van der Waals surface area contributed by atoms with Gasteiger partial charge in [0.25, 0.3) is 5.56 Å². The van der Waals surface area contributed by atoms with Gasteiger partial charge < -0.3 is 9.55 Å². The van der Waals surface area contributed by atoms with Gasteiger partial charge in [0, 0.05) is 34.3 Å². The number of rotatable bonds is 6. The Labute approximate surface area is 181 Å². The minimum Gasteiger partial charge on any atom is -0.326 e. The van der Waals surface area contributed by atoms with Crippen molar-refractivity contribution < 1.29 is 4.79 Å². The first-order chi connectivity index (χ1) is 14.9. The number of aryl methyl sites for hydroxylation is 2. The molecule has 4 aromatic rings. The van der Waals surface area contributed by atoms with E-state index in [9.17, 15) is 9.59 Å². The number of carbonyl (C=O) groups is 1. The van der Waals surface area contributed by atoms with Crippen LogP contribution in [-0.4, -0.2) is 25.5 Å². The molecular weight excluding hydrogens is 388 g/mol. The zero-order chi connectivity index (χ0) is 22.1. The van der Waals surface area contributed by atoms with Crippen LogP contribution in [0.1, 0.15) is 57.8 Å². The van der Waals surface area contributed by atoms with Crippen molar-refractivity contribution in [2.45, 2.75) is 46.6 Å². The van der Waals surface area contributed by atoms with Crippen molar-refractivity contribution in [1.82, 2.24) is 19.7 Å². The smallest absolute Gasteiger partial charge is 0.251 e. The number of hydrogen-bond donors (Lipinski definition) is 1. The lowest BCUT2D eigenvalue weighted by Gasteiger charge is -2.17. The quantitative estimate of drug-likeness (QED) is 0.472. The van der Waals surface area contributed by atoms with E-state index in [0.717, 1.165) is 27.9 Å². The van der Waals surface area contributed by atoms with E-state index in [1.807, 2.05) is 51.1 Å². The molecule has 0 bridgehead atoms. The van der Waals surface area contributed by atoms with Crippen molar-refractivity contribution in [3.8, 4) is 0 Å². The average Bonchev–Trinajstić information content (AvgIpc) is 3.04. The van der Waals surface area contributed by atoms with Gasteiger partial charge in [0.05, 0.1) is 12.2 Å². The molecule has 6 nitrogen and oxygen atoms in total. The number of hydrogen-bond acceptors (Lipinski definition) is 4. The standard InChI is InChI=1S/C25H26N4O2/c1-15-14-16(2)27-25(31)20(15)10-11-22(30)23-18(4)29(24-21(23)12-13-26-28-24)17(3)19-8-6-5-7-9-19/h5-9,12-14,17H,10-11H2,1-4H3,(H,27,31). The summed E-state index contributed by atoms with van der Waals surface area (Å²) in [7, 11) is 0. The van der Waals surface area contributed by atoms with Crippen LogP contribution in [0.3, 0.4) is 0 Å². The fourth-order valence-corrected chi connectivity index (χ4v) is 4.43. The molecule has 0 aliphatic rings. The molecule has 3 aromatic heterocycles. The van der Waals surface area contributed by atoms with Crippen LogP contribution in [0.15, 0.2) is 53.5 Å². The highest BCUT2D eigenvalue weighted by molar-refractivity contribution is 6.08. The lowest BCUT2D eigenvalue weighted by atomic mass is 9.99. The highest BCUT2D eigenvalue weighted by Gasteiger charge is 2.24. The third-order valence-electron chi connectivity index (χ3n) is 5.97. The second kappa shape index (κ2) is 8.30. The molecule has 3 heterocycles. The first-order valence-corrected chi connectivity index (χ1v) is 10.5. The second-order valence-electron chi connectivity index (χ2n) is 8.05. The van der Waals surface area contributed by atoms with Gasteiger partial charge in [-0.2, -0.15) is 5.10 Å². The van der Waals surface area contributed by atoms with Crippen LogP contribution in [0.2, 0.25) is 0 Å². The number of aromatic nitrogens is 4. The lowest BCUT2D eigenvalue weighted by molar-refractivity contribution is 0.0983. The molecule has 0 spiro atoms. The maximum absolute atomic E-state index is 13.3. The first kappa shape index (κ1) is 20.7. The number of ketones is 1. The van der Waals surface area contributed by atoms with Crippen molar-refractivity contribution in [1.29, 1.82) is 0 Å². The van der Waals surface area contributed by atoms with E-state index in [0.29, 0.717) is 23.2 Å². The normalized spacial score (nSPS) is 12.3. The van der Waals surface area contributed by atoms with Gasteiger partial charge in [-0.15, -0.1) is 5.10 Å². The highest BCUT2D eigenvalue weighted by Crippen LogP contribution is 2.31. The Hall–Kier alpha value is -3.54. The summed E-state index contributed by atoms with van der Waals surface area (Å²) in [5.74, 6) is 0.00823. The van der Waals surface area contributed by atoms with Crippen molar-refractivity contribution in [3.63, 3.8) is 0 Å². The molecule has 0 aliphatic heterocycles. The predicted molar refractivity (Wildman–Crippen MR) is 122 cm³/mol. The van der Waals surface area contributed by atoms with Crippen LogP contribution < -0.4 is 5.56 Å². The van der Waals surface area contributed by atoms with E-state index in [1.54, 1.807) is 6.20 Å². The number of nitrogens with zero attached hydrogens (tertiary/aromatic N) is 3. The molecule has 158 valence electrons. The minimum atomic E-state index is -0.118. The molecule has 1 aromatic carbocycles. The van der Waals surface area contributed by atoms with Crippen molar-refractivity contribution in [2.24, 2.45) is 0 Å².